The monoisotopic (exact) mass is 208 g/mol. The summed E-state index contributed by atoms with van der Waals surface area (Å²) in [6.07, 6.45) is -1.73. The molecule has 84 valence electrons. The van der Waals surface area contributed by atoms with Crippen LogP contribution in [0, 0.1) is 0 Å². The first-order chi connectivity index (χ1) is 6.60. The quantitative estimate of drug-likeness (QED) is 0.455. The Morgan fingerprint density at radius 2 is 1.43 bits per heavy atom. The van der Waals surface area contributed by atoms with Gasteiger partial charge in [0.2, 0.25) is 0 Å². The lowest BCUT2D eigenvalue weighted by Gasteiger charge is -2.14. The molecule has 14 heavy (non-hydrogen) atoms. The Morgan fingerprint density at radius 1 is 1.07 bits per heavy atom. The molecule has 0 amide bonds. The smallest absolute Gasteiger partial charge is 0.429 e. The van der Waals surface area contributed by atoms with Crippen molar-refractivity contribution in [3.63, 3.8) is 0 Å². The molecular formula is C7H16N2O5. The van der Waals surface area contributed by atoms with Crippen LogP contribution in [-0.4, -0.2) is 31.6 Å². The van der Waals surface area contributed by atoms with Crippen molar-refractivity contribution in [3.8, 4) is 0 Å². The summed E-state index contributed by atoms with van der Waals surface area (Å²) in [7, 11) is 0. The van der Waals surface area contributed by atoms with Gasteiger partial charge in [0.25, 0.3) is 0 Å². The van der Waals surface area contributed by atoms with Crippen molar-refractivity contribution in [2.45, 2.75) is 26.1 Å². The van der Waals surface area contributed by atoms with Crippen molar-refractivity contribution in [2.75, 3.05) is 13.2 Å². The van der Waals surface area contributed by atoms with Gasteiger partial charge in [-0.15, -0.1) is 0 Å². The van der Waals surface area contributed by atoms with Crippen LogP contribution in [0.5, 0.6) is 0 Å². The molecule has 7 heteroatoms. The summed E-state index contributed by atoms with van der Waals surface area (Å²) >= 11 is 0. The SMILES string of the molecule is CC(CON)OC(=O)OC(C)CON. The molecule has 0 aromatic rings. The summed E-state index contributed by atoms with van der Waals surface area (Å²) in [5.74, 6) is 9.57. The standard InChI is InChI=1S/C7H16N2O5/c1-5(3-11-8)13-7(10)14-6(2)4-12-9/h5-6H,3-4,8-9H2,1-2H3. The minimum Gasteiger partial charge on any atom is -0.429 e. The van der Waals surface area contributed by atoms with Gasteiger partial charge in [0, 0.05) is 0 Å². The van der Waals surface area contributed by atoms with Crippen LogP contribution >= 0.6 is 0 Å². The average Bonchev–Trinajstić information content (AvgIpc) is 2.03. The Hall–Kier alpha value is -0.890. The average molecular weight is 208 g/mol. The molecule has 0 heterocycles. The summed E-state index contributed by atoms with van der Waals surface area (Å²) in [6.45, 7) is 3.46. The second-order valence-electron chi connectivity index (χ2n) is 2.77. The molecule has 0 aromatic carbocycles. The van der Waals surface area contributed by atoms with E-state index in [0.717, 1.165) is 0 Å². The lowest BCUT2D eigenvalue weighted by atomic mass is 10.4. The molecule has 0 aromatic heterocycles. The van der Waals surface area contributed by atoms with Crippen molar-refractivity contribution in [1.29, 1.82) is 0 Å². The third-order valence-electron chi connectivity index (χ3n) is 1.26. The minimum atomic E-state index is -0.806. The fourth-order valence-corrected chi connectivity index (χ4v) is 0.695. The van der Waals surface area contributed by atoms with E-state index in [1.807, 2.05) is 0 Å². The Bertz CT molecular complexity index is 150. The van der Waals surface area contributed by atoms with Crippen molar-refractivity contribution < 1.29 is 23.9 Å². The van der Waals surface area contributed by atoms with E-state index < -0.39 is 18.4 Å². The maximum Gasteiger partial charge on any atom is 0.508 e. The van der Waals surface area contributed by atoms with Crippen molar-refractivity contribution >= 4 is 6.16 Å². The predicted octanol–water partition coefficient (Wildman–Crippen LogP) is -0.303. The van der Waals surface area contributed by atoms with Crippen LogP contribution in [0.15, 0.2) is 0 Å². The molecule has 0 bridgehead atoms. The molecule has 0 saturated heterocycles. The summed E-state index contributed by atoms with van der Waals surface area (Å²) in [6, 6.07) is 0. The van der Waals surface area contributed by atoms with Gasteiger partial charge in [0.1, 0.15) is 25.4 Å². The maximum atomic E-state index is 11.0. The van der Waals surface area contributed by atoms with Gasteiger partial charge in [-0.05, 0) is 13.8 Å². The predicted molar refractivity (Wildman–Crippen MR) is 46.8 cm³/mol. The molecule has 2 atom stereocenters. The molecule has 2 unspecified atom stereocenters. The molecule has 0 fully saturated rings. The van der Waals surface area contributed by atoms with Crippen LogP contribution in [0.25, 0.3) is 0 Å². The first-order valence-corrected chi connectivity index (χ1v) is 4.10. The van der Waals surface area contributed by atoms with E-state index in [-0.39, 0.29) is 13.2 Å². The molecule has 0 spiro atoms. The topological polar surface area (TPSA) is 106 Å². The fourth-order valence-electron chi connectivity index (χ4n) is 0.695. The van der Waals surface area contributed by atoms with E-state index in [1.54, 1.807) is 13.8 Å². The number of hydrogen-bond acceptors (Lipinski definition) is 7. The van der Waals surface area contributed by atoms with Gasteiger partial charge in [-0.25, -0.2) is 16.6 Å². The zero-order valence-electron chi connectivity index (χ0n) is 8.26. The molecule has 0 aliphatic rings. The number of hydrogen-bond donors (Lipinski definition) is 2. The van der Waals surface area contributed by atoms with E-state index in [1.165, 1.54) is 0 Å². The fraction of sp³-hybridized carbons (Fsp3) is 0.857. The number of nitrogens with two attached hydrogens (primary N) is 2. The van der Waals surface area contributed by atoms with Crippen LogP contribution < -0.4 is 11.8 Å². The van der Waals surface area contributed by atoms with E-state index >= 15 is 0 Å². The molecular weight excluding hydrogens is 192 g/mol. The van der Waals surface area contributed by atoms with Gasteiger partial charge >= 0.3 is 6.16 Å². The van der Waals surface area contributed by atoms with Gasteiger partial charge in [-0.2, -0.15) is 0 Å². The van der Waals surface area contributed by atoms with E-state index in [2.05, 4.69) is 9.68 Å². The Balaban J connectivity index is 3.63. The number of rotatable bonds is 6. The number of carbonyl (C=O) groups is 1. The van der Waals surface area contributed by atoms with Crippen LogP contribution in [-0.2, 0) is 19.1 Å². The van der Waals surface area contributed by atoms with Gasteiger partial charge in [0.15, 0.2) is 0 Å². The van der Waals surface area contributed by atoms with E-state index in [4.69, 9.17) is 21.3 Å². The largest absolute Gasteiger partial charge is 0.508 e. The van der Waals surface area contributed by atoms with Gasteiger partial charge in [0.05, 0.1) is 0 Å². The van der Waals surface area contributed by atoms with Crippen molar-refractivity contribution in [3.05, 3.63) is 0 Å². The minimum absolute atomic E-state index is 0.108. The first kappa shape index (κ1) is 13.1. The molecule has 0 aliphatic heterocycles. The van der Waals surface area contributed by atoms with E-state index in [0.29, 0.717) is 0 Å². The zero-order valence-corrected chi connectivity index (χ0v) is 8.26. The lowest BCUT2D eigenvalue weighted by molar-refractivity contribution is -0.0395. The molecule has 0 rings (SSSR count). The lowest BCUT2D eigenvalue weighted by Crippen LogP contribution is -2.27. The molecule has 0 radical (unpaired) electrons. The van der Waals surface area contributed by atoms with Gasteiger partial charge in [-0.3, -0.25) is 0 Å². The molecule has 0 aliphatic carbocycles. The molecule has 7 nitrogen and oxygen atoms in total. The molecule has 4 N–H and O–H groups in total. The Kier molecular flexibility index (Phi) is 7.03. The highest BCUT2D eigenvalue weighted by molar-refractivity contribution is 5.60. The van der Waals surface area contributed by atoms with Gasteiger partial charge in [-0.1, -0.05) is 0 Å². The van der Waals surface area contributed by atoms with Crippen molar-refractivity contribution in [1.82, 2.24) is 0 Å². The second kappa shape index (κ2) is 7.51. The highest BCUT2D eigenvalue weighted by Crippen LogP contribution is 1.98. The summed E-state index contributed by atoms with van der Waals surface area (Å²) in [5, 5.41) is 0. The highest BCUT2D eigenvalue weighted by Gasteiger charge is 2.14. The van der Waals surface area contributed by atoms with Crippen LogP contribution in [0.4, 0.5) is 4.79 Å². The normalized spacial score (nSPS) is 14.6. The number of carbonyl (C=O) groups excluding carboxylic acids is 1. The van der Waals surface area contributed by atoms with Crippen LogP contribution in [0.2, 0.25) is 0 Å². The Labute approximate surface area is 82.1 Å². The maximum absolute atomic E-state index is 11.0. The van der Waals surface area contributed by atoms with Crippen LogP contribution in [0.1, 0.15) is 13.8 Å². The third kappa shape index (κ3) is 6.61. The second-order valence-corrected chi connectivity index (χ2v) is 2.77. The first-order valence-electron chi connectivity index (χ1n) is 4.10. The zero-order chi connectivity index (χ0) is 11.0. The van der Waals surface area contributed by atoms with Crippen LogP contribution in [0.3, 0.4) is 0 Å². The van der Waals surface area contributed by atoms with E-state index in [9.17, 15) is 4.79 Å². The summed E-state index contributed by atoms with van der Waals surface area (Å²) in [5.41, 5.74) is 0. The Morgan fingerprint density at radius 3 is 1.71 bits per heavy atom. The van der Waals surface area contributed by atoms with Crippen molar-refractivity contribution in [2.24, 2.45) is 11.8 Å². The third-order valence-corrected chi connectivity index (χ3v) is 1.26. The van der Waals surface area contributed by atoms with Gasteiger partial charge < -0.3 is 19.1 Å². The molecule has 0 saturated carbocycles. The highest BCUT2D eigenvalue weighted by atomic mass is 16.7. The summed E-state index contributed by atoms with van der Waals surface area (Å²) < 4.78 is 9.49. The number of ether oxygens (including phenoxy) is 2. The summed E-state index contributed by atoms with van der Waals surface area (Å²) in [4.78, 5) is 19.5.